The van der Waals surface area contributed by atoms with Crippen LogP contribution in [0.5, 0.6) is 5.75 Å². The number of nitrogens with one attached hydrogen (secondary N) is 2. The smallest absolute Gasteiger partial charge is 0.408 e. The van der Waals surface area contributed by atoms with Gasteiger partial charge < -0.3 is 25.4 Å². The molecule has 0 saturated heterocycles. The molecule has 0 radical (unpaired) electrons. The first-order valence-electron chi connectivity index (χ1n) is 14.5. The number of carbonyl (C=O) groups excluding carboxylic acids is 3. The lowest BCUT2D eigenvalue weighted by Crippen LogP contribution is -2.58. The van der Waals surface area contributed by atoms with Gasteiger partial charge in [0.25, 0.3) is 5.91 Å². The summed E-state index contributed by atoms with van der Waals surface area (Å²) in [5.74, 6) is -0.727. The highest BCUT2D eigenvalue weighted by molar-refractivity contribution is 6.00. The van der Waals surface area contributed by atoms with E-state index in [0.717, 1.165) is 16.7 Å². The molecule has 0 bridgehead atoms. The van der Waals surface area contributed by atoms with Gasteiger partial charge >= 0.3 is 6.09 Å². The number of hydrogen-bond donors (Lipinski definition) is 3. The maximum absolute atomic E-state index is 14.7. The SMILES string of the molecule is Cc1ccccc1NC(=O)C(c1cccc(C)c1C)N(C(=O)C(Cc1ccc(O)cc1)NC(=O)OC(C)(C)C)C(C)(C)C. The van der Waals surface area contributed by atoms with Crippen LogP contribution in [0.2, 0.25) is 0 Å². The third kappa shape index (κ3) is 8.83. The van der Waals surface area contributed by atoms with Crippen LogP contribution in [0.15, 0.2) is 66.7 Å². The summed E-state index contributed by atoms with van der Waals surface area (Å²) in [5.41, 5.74) is 3.20. The summed E-state index contributed by atoms with van der Waals surface area (Å²) < 4.78 is 5.52. The number of phenolic OH excluding ortho intramolecular Hbond substituents is 1. The molecule has 43 heavy (non-hydrogen) atoms. The van der Waals surface area contributed by atoms with Gasteiger partial charge in [0.15, 0.2) is 0 Å². The van der Waals surface area contributed by atoms with Crippen molar-refractivity contribution in [3.8, 4) is 5.75 Å². The van der Waals surface area contributed by atoms with Gasteiger partial charge in [0.1, 0.15) is 23.4 Å². The first kappa shape index (κ1) is 33.2. The number of aryl methyl sites for hydroxylation is 2. The number of ether oxygens (including phenoxy) is 1. The first-order valence-corrected chi connectivity index (χ1v) is 14.5. The predicted molar refractivity (Wildman–Crippen MR) is 170 cm³/mol. The van der Waals surface area contributed by atoms with Crippen molar-refractivity contribution in [2.75, 3.05) is 5.32 Å². The number of aromatic hydroxyl groups is 1. The van der Waals surface area contributed by atoms with Crippen molar-refractivity contribution in [1.29, 1.82) is 0 Å². The van der Waals surface area contributed by atoms with Gasteiger partial charge in [-0.2, -0.15) is 0 Å². The van der Waals surface area contributed by atoms with Crippen molar-refractivity contribution in [3.63, 3.8) is 0 Å². The van der Waals surface area contributed by atoms with Crippen molar-refractivity contribution in [3.05, 3.63) is 94.5 Å². The van der Waals surface area contributed by atoms with E-state index >= 15 is 0 Å². The van der Waals surface area contributed by atoms with E-state index in [9.17, 15) is 19.5 Å². The number of hydrogen-bond acceptors (Lipinski definition) is 5. The van der Waals surface area contributed by atoms with Crippen LogP contribution >= 0.6 is 0 Å². The number of carbonyl (C=O) groups is 3. The van der Waals surface area contributed by atoms with E-state index in [-0.39, 0.29) is 18.1 Å². The third-order valence-electron chi connectivity index (χ3n) is 7.18. The Labute approximate surface area is 255 Å². The molecule has 3 amide bonds. The molecule has 230 valence electrons. The molecule has 0 aliphatic carbocycles. The number of nitrogens with zero attached hydrogens (tertiary/aromatic N) is 1. The first-order chi connectivity index (χ1) is 20.0. The van der Waals surface area contributed by atoms with Crippen molar-refractivity contribution in [2.45, 2.75) is 92.0 Å². The second-order valence-corrected chi connectivity index (χ2v) is 12.9. The summed E-state index contributed by atoms with van der Waals surface area (Å²) in [6.45, 7) is 16.7. The van der Waals surface area contributed by atoms with E-state index in [1.54, 1.807) is 37.8 Å². The number of rotatable bonds is 8. The number of alkyl carbamates (subject to hydrolysis) is 1. The lowest BCUT2D eigenvalue weighted by molar-refractivity contribution is -0.146. The number of phenols is 1. The van der Waals surface area contributed by atoms with Gasteiger partial charge in [-0.15, -0.1) is 0 Å². The zero-order chi connectivity index (χ0) is 32.1. The molecule has 8 nitrogen and oxygen atoms in total. The number of para-hydroxylation sites is 1. The van der Waals surface area contributed by atoms with E-state index in [0.29, 0.717) is 16.8 Å². The third-order valence-corrected chi connectivity index (χ3v) is 7.18. The molecule has 2 atom stereocenters. The Kier molecular flexibility index (Phi) is 10.3. The van der Waals surface area contributed by atoms with Crippen molar-refractivity contribution in [2.24, 2.45) is 0 Å². The van der Waals surface area contributed by atoms with Gasteiger partial charge in [0, 0.05) is 17.6 Å². The summed E-state index contributed by atoms with van der Waals surface area (Å²) in [6.07, 6.45) is -0.629. The van der Waals surface area contributed by atoms with Crippen molar-refractivity contribution < 1.29 is 24.2 Å². The summed E-state index contributed by atoms with van der Waals surface area (Å²) in [5, 5.41) is 15.6. The molecule has 3 N–H and O–H groups in total. The second kappa shape index (κ2) is 13.3. The normalized spacial score (nSPS) is 13.0. The van der Waals surface area contributed by atoms with Crippen LogP contribution in [0.25, 0.3) is 0 Å². The average Bonchev–Trinajstić information content (AvgIpc) is 2.89. The van der Waals surface area contributed by atoms with Crippen LogP contribution in [0.4, 0.5) is 10.5 Å². The Bertz CT molecular complexity index is 1450. The molecule has 3 rings (SSSR count). The van der Waals surface area contributed by atoms with Crippen LogP contribution in [0, 0.1) is 20.8 Å². The van der Waals surface area contributed by atoms with E-state index in [2.05, 4.69) is 10.6 Å². The molecular formula is C35H45N3O5. The molecule has 2 unspecified atom stereocenters. The van der Waals surface area contributed by atoms with Gasteiger partial charge in [-0.3, -0.25) is 9.59 Å². The Morgan fingerprint density at radius 1 is 0.837 bits per heavy atom. The zero-order valence-electron chi connectivity index (χ0n) is 26.7. The van der Waals surface area contributed by atoms with Gasteiger partial charge in [-0.25, -0.2) is 4.79 Å². The maximum Gasteiger partial charge on any atom is 0.408 e. The fourth-order valence-electron chi connectivity index (χ4n) is 4.91. The summed E-state index contributed by atoms with van der Waals surface area (Å²) in [7, 11) is 0. The maximum atomic E-state index is 14.7. The van der Waals surface area contributed by atoms with Crippen LogP contribution in [0.1, 0.15) is 75.4 Å². The van der Waals surface area contributed by atoms with E-state index in [1.165, 1.54) is 12.1 Å². The van der Waals surface area contributed by atoms with Crippen LogP contribution in [-0.2, 0) is 20.7 Å². The Balaban J connectivity index is 2.16. The van der Waals surface area contributed by atoms with Gasteiger partial charge in [-0.05, 0) is 108 Å². The lowest BCUT2D eigenvalue weighted by atomic mass is 9.90. The molecule has 3 aromatic rings. The summed E-state index contributed by atoms with van der Waals surface area (Å²) >= 11 is 0. The summed E-state index contributed by atoms with van der Waals surface area (Å²) in [4.78, 5) is 43.6. The fourth-order valence-corrected chi connectivity index (χ4v) is 4.91. The molecule has 0 aromatic heterocycles. The Morgan fingerprint density at radius 3 is 2.02 bits per heavy atom. The van der Waals surface area contributed by atoms with Crippen LogP contribution < -0.4 is 10.6 Å². The highest BCUT2D eigenvalue weighted by atomic mass is 16.6. The topological polar surface area (TPSA) is 108 Å². The molecule has 8 heteroatoms. The van der Waals surface area contributed by atoms with Gasteiger partial charge in [0.05, 0.1) is 0 Å². The van der Waals surface area contributed by atoms with E-state index in [4.69, 9.17) is 4.74 Å². The van der Waals surface area contributed by atoms with E-state index in [1.807, 2.05) is 84.0 Å². The number of anilines is 1. The number of benzene rings is 3. The monoisotopic (exact) mass is 587 g/mol. The molecule has 0 spiro atoms. The average molecular weight is 588 g/mol. The molecule has 0 heterocycles. The zero-order valence-corrected chi connectivity index (χ0v) is 26.7. The molecular weight excluding hydrogens is 542 g/mol. The van der Waals surface area contributed by atoms with Crippen molar-refractivity contribution in [1.82, 2.24) is 10.2 Å². The molecule has 0 saturated carbocycles. The van der Waals surface area contributed by atoms with Crippen LogP contribution in [-0.4, -0.2) is 45.1 Å². The molecule has 0 fully saturated rings. The molecule has 3 aromatic carbocycles. The predicted octanol–water partition coefficient (Wildman–Crippen LogP) is 6.76. The standard InChI is InChI=1S/C35H45N3O5/c1-22-14-12-15-27(24(22)3)30(31(40)36-28-16-11-10-13-23(28)2)38(34(4,5)6)32(41)29(37-33(42)43-35(7,8)9)21-25-17-19-26(39)20-18-25/h10-20,29-30,39H,21H2,1-9H3,(H,36,40)(H,37,42). The minimum absolute atomic E-state index is 0.0888. The fraction of sp³-hybridized carbons (Fsp3) is 0.400. The second-order valence-electron chi connectivity index (χ2n) is 12.9. The number of amides is 3. The molecule has 0 aliphatic rings. The highest BCUT2D eigenvalue weighted by Gasteiger charge is 2.42. The van der Waals surface area contributed by atoms with Gasteiger partial charge in [0.2, 0.25) is 5.91 Å². The molecule has 0 aliphatic heterocycles. The van der Waals surface area contributed by atoms with Gasteiger partial charge in [-0.1, -0.05) is 48.5 Å². The largest absolute Gasteiger partial charge is 0.508 e. The van der Waals surface area contributed by atoms with E-state index < -0.39 is 35.2 Å². The minimum Gasteiger partial charge on any atom is -0.508 e. The van der Waals surface area contributed by atoms with Crippen LogP contribution in [0.3, 0.4) is 0 Å². The lowest BCUT2D eigenvalue weighted by Gasteiger charge is -2.43. The van der Waals surface area contributed by atoms with Crippen molar-refractivity contribution >= 4 is 23.6 Å². The highest BCUT2D eigenvalue weighted by Crippen LogP contribution is 2.34. The minimum atomic E-state index is -1.07. The Hall–Kier alpha value is -4.33. The summed E-state index contributed by atoms with van der Waals surface area (Å²) in [6, 6.07) is 17.6. The Morgan fingerprint density at radius 2 is 1.44 bits per heavy atom. The quantitative estimate of drug-likeness (QED) is 0.270.